The van der Waals surface area contributed by atoms with Gasteiger partial charge in [-0.15, -0.1) is 0 Å². The number of sulfonamides is 1. The summed E-state index contributed by atoms with van der Waals surface area (Å²) < 4.78 is 40.6. The van der Waals surface area contributed by atoms with Gasteiger partial charge in [0.25, 0.3) is 10.0 Å². The molecule has 0 aliphatic carbocycles. The van der Waals surface area contributed by atoms with Crippen LogP contribution in [-0.4, -0.2) is 60.2 Å². The number of nitrogens with zero attached hydrogens (tertiary/aromatic N) is 3. The zero-order valence-electron chi connectivity index (χ0n) is 20.9. The number of aliphatic carboxylic acids is 1. The molecule has 0 amide bonds. The molecule has 0 fully saturated rings. The van der Waals surface area contributed by atoms with E-state index in [1.54, 1.807) is 30.7 Å². The van der Waals surface area contributed by atoms with E-state index in [-0.39, 0.29) is 18.3 Å². The van der Waals surface area contributed by atoms with Crippen molar-refractivity contribution in [3.8, 4) is 0 Å². The van der Waals surface area contributed by atoms with Gasteiger partial charge in [0.1, 0.15) is 17.2 Å². The normalized spacial score (nSPS) is 14.6. The summed E-state index contributed by atoms with van der Waals surface area (Å²) in [5.41, 5.74) is 2.11. The maximum Gasteiger partial charge on any atom is 0.409 e. The van der Waals surface area contributed by atoms with Crippen molar-refractivity contribution in [3.05, 3.63) is 53.7 Å². The third-order valence-corrected chi connectivity index (χ3v) is 6.31. The average Bonchev–Trinajstić information content (AvgIpc) is 2.71. The molecule has 11 heteroatoms. The molecule has 0 saturated heterocycles. The summed E-state index contributed by atoms with van der Waals surface area (Å²) in [7, 11) is -0.654. The second-order valence-electron chi connectivity index (χ2n) is 8.44. The van der Waals surface area contributed by atoms with Crippen LogP contribution in [0.5, 0.6) is 0 Å². The lowest BCUT2D eigenvalue weighted by atomic mass is 9.96. The molecule has 1 aromatic heterocycles. The molecular weight excluding hydrogens is 477 g/mol. The number of carboxylic acid groups (broad SMARTS) is 1. The van der Waals surface area contributed by atoms with Crippen LogP contribution in [0.25, 0.3) is 11.6 Å². The van der Waals surface area contributed by atoms with E-state index in [9.17, 15) is 27.8 Å². The molecule has 9 nitrogen and oxygen atoms in total. The van der Waals surface area contributed by atoms with Gasteiger partial charge in [-0.2, -0.15) is 12.7 Å². The van der Waals surface area contributed by atoms with E-state index < -0.39 is 40.4 Å². The monoisotopic (exact) mass is 512 g/mol. The highest BCUT2D eigenvalue weighted by molar-refractivity contribution is 7.92. The number of carboxylic acids is 1. The van der Waals surface area contributed by atoms with Crippen molar-refractivity contribution in [1.82, 2.24) is 4.98 Å². The second-order valence-corrected chi connectivity index (χ2v) is 10.5. The van der Waals surface area contributed by atoms with E-state index in [0.717, 1.165) is 10.6 Å². The van der Waals surface area contributed by atoms with Gasteiger partial charge in [-0.25, -0.2) is 8.96 Å². The van der Waals surface area contributed by atoms with E-state index in [2.05, 4.69) is 11.6 Å². The molecule has 1 heterocycles. The van der Waals surface area contributed by atoms with Gasteiger partial charge >= 0.3 is 11.9 Å². The number of aromatic nitrogens is 2. The van der Waals surface area contributed by atoms with Crippen LogP contribution in [0, 0.1) is 0 Å². The minimum atomic E-state index is -3.65. The molecule has 0 saturated carbocycles. The topological polar surface area (TPSA) is 132 Å². The number of hydrogen-bond acceptors (Lipinski definition) is 6. The first-order valence-corrected chi connectivity index (χ1v) is 12.8. The van der Waals surface area contributed by atoms with E-state index >= 15 is 0 Å². The van der Waals surface area contributed by atoms with Gasteiger partial charge in [0.15, 0.2) is 0 Å². The van der Waals surface area contributed by atoms with Gasteiger partial charge in [0, 0.05) is 17.9 Å². The molecule has 1 rings (SSSR count). The Morgan fingerprint density at radius 2 is 1.89 bits per heavy atom. The first-order chi connectivity index (χ1) is 16.1. The van der Waals surface area contributed by atoms with Crippen molar-refractivity contribution < 1.29 is 37.5 Å². The molecule has 0 spiro atoms. The van der Waals surface area contributed by atoms with Crippen molar-refractivity contribution in [2.75, 3.05) is 17.6 Å². The Balaban J connectivity index is 3.84. The molecule has 0 radical (unpaired) electrons. The molecule has 1 aromatic rings. The highest BCUT2D eigenvalue weighted by Crippen LogP contribution is 2.29. The molecular formula is C24H35FN3O6S+. The summed E-state index contributed by atoms with van der Waals surface area (Å²) in [5.74, 6) is -1.89. The summed E-state index contributed by atoms with van der Waals surface area (Å²) in [4.78, 5) is 15.4. The summed E-state index contributed by atoms with van der Waals surface area (Å²) in [6, 6.07) is 0. The molecule has 35 heavy (non-hydrogen) atoms. The number of anilines is 1. The van der Waals surface area contributed by atoms with E-state index in [1.165, 1.54) is 25.3 Å². The third kappa shape index (κ3) is 8.68. The number of halogens is 1. The fraction of sp³-hybridized carbons (Fsp3) is 0.458. The highest BCUT2D eigenvalue weighted by Gasteiger charge is 2.31. The Morgan fingerprint density at radius 3 is 2.34 bits per heavy atom. The van der Waals surface area contributed by atoms with Crippen LogP contribution in [0.3, 0.4) is 0 Å². The molecule has 0 aromatic carbocycles. The van der Waals surface area contributed by atoms with E-state index in [4.69, 9.17) is 5.11 Å². The first-order valence-electron chi connectivity index (χ1n) is 10.9. The molecule has 2 atom stereocenters. The Kier molecular flexibility index (Phi) is 10.9. The zero-order chi connectivity index (χ0) is 27.1. The van der Waals surface area contributed by atoms with Crippen LogP contribution in [0.1, 0.15) is 56.5 Å². The number of rotatable bonds is 12. The number of allylic oxidation sites excluding steroid dienone is 5. The maximum absolute atomic E-state index is 13.4. The quantitative estimate of drug-likeness (QED) is 0.290. The van der Waals surface area contributed by atoms with Crippen LogP contribution in [-0.2, 0) is 21.9 Å². The van der Waals surface area contributed by atoms with Gasteiger partial charge in [0.05, 0.1) is 44.5 Å². The minimum Gasteiger partial charge on any atom is -0.481 e. The van der Waals surface area contributed by atoms with Crippen LogP contribution >= 0.6 is 0 Å². The summed E-state index contributed by atoms with van der Waals surface area (Å²) >= 11 is 0. The predicted molar refractivity (Wildman–Crippen MR) is 134 cm³/mol. The summed E-state index contributed by atoms with van der Waals surface area (Å²) in [6.45, 7) is 8.71. The molecule has 0 aliphatic rings. The number of hydrogen-bond donors (Lipinski definition) is 3. The molecule has 3 N–H and O–H groups in total. The van der Waals surface area contributed by atoms with Gasteiger partial charge in [0.2, 0.25) is 0 Å². The van der Waals surface area contributed by atoms with Crippen LogP contribution in [0.4, 0.5) is 10.3 Å². The predicted octanol–water partition coefficient (Wildman–Crippen LogP) is 2.47. The SMILES string of the molecule is C=C(F)C=CC(=CC)c1c(C=CC(O)CC(O)CC(=O)O)c(C(C)C)nc(N(C)S(C)(=O)=O)[n+]1C. The van der Waals surface area contributed by atoms with Crippen molar-refractivity contribution >= 4 is 33.6 Å². The Hall–Kier alpha value is -2.89. The minimum absolute atomic E-state index is 0.132. The van der Waals surface area contributed by atoms with Crippen molar-refractivity contribution in [2.45, 2.75) is 51.7 Å². The fourth-order valence-corrected chi connectivity index (χ4v) is 3.83. The van der Waals surface area contributed by atoms with Crippen LogP contribution in [0.2, 0.25) is 0 Å². The highest BCUT2D eigenvalue weighted by atomic mass is 32.2. The second kappa shape index (κ2) is 12.7. The Morgan fingerprint density at radius 1 is 1.29 bits per heavy atom. The summed E-state index contributed by atoms with van der Waals surface area (Å²) in [5, 5.41) is 29.0. The van der Waals surface area contributed by atoms with Gasteiger partial charge in [-0.05, 0) is 25.2 Å². The van der Waals surface area contributed by atoms with Crippen LogP contribution in [0.15, 0.2) is 36.7 Å². The fourth-order valence-electron chi connectivity index (χ4n) is 3.37. The summed E-state index contributed by atoms with van der Waals surface area (Å²) in [6.07, 6.45) is 5.35. The number of aliphatic hydroxyl groups excluding tert-OH is 2. The van der Waals surface area contributed by atoms with Gasteiger partial charge in [-0.3, -0.25) is 4.79 Å². The largest absolute Gasteiger partial charge is 0.481 e. The lowest BCUT2D eigenvalue weighted by molar-refractivity contribution is -0.663. The lowest BCUT2D eigenvalue weighted by Crippen LogP contribution is -2.45. The lowest BCUT2D eigenvalue weighted by Gasteiger charge is -2.19. The molecule has 194 valence electrons. The number of carbonyl (C=O) groups is 1. The molecule has 0 aliphatic heterocycles. The maximum atomic E-state index is 13.4. The van der Waals surface area contributed by atoms with Crippen LogP contribution < -0.4 is 8.87 Å². The third-order valence-electron chi connectivity index (χ3n) is 5.15. The molecule has 0 bridgehead atoms. The van der Waals surface area contributed by atoms with Crippen molar-refractivity contribution in [1.29, 1.82) is 0 Å². The zero-order valence-corrected chi connectivity index (χ0v) is 21.8. The standard InChI is InChI=1S/C24H34FN3O6S/c1-8-17(10-9-16(4)25)23-20(12-11-18(29)13-19(30)14-21(31)32)22(15(2)3)26-24(27(23)5)28(6)35(7,33)34/h8-12,15,18-19,29-30H,4,13-14H2,1-3,5-7H3/p+1. The van der Waals surface area contributed by atoms with Crippen molar-refractivity contribution in [2.24, 2.45) is 7.05 Å². The Bertz CT molecular complexity index is 1140. The molecule has 2 unspecified atom stereocenters. The number of aliphatic hydroxyl groups is 2. The van der Waals surface area contributed by atoms with Gasteiger partial charge < -0.3 is 15.3 Å². The average molecular weight is 513 g/mol. The van der Waals surface area contributed by atoms with E-state index in [1.807, 2.05) is 13.8 Å². The Labute approximate surface area is 206 Å². The smallest absolute Gasteiger partial charge is 0.409 e. The van der Waals surface area contributed by atoms with Gasteiger partial charge in [-0.1, -0.05) is 37.6 Å². The first kappa shape index (κ1) is 30.1. The van der Waals surface area contributed by atoms with Crippen molar-refractivity contribution in [3.63, 3.8) is 0 Å². The van der Waals surface area contributed by atoms with E-state index in [0.29, 0.717) is 22.5 Å².